The van der Waals surface area contributed by atoms with Gasteiger partial charge in [0.1, 0.15) is 11.6 Å². The molecule has 2 saturated heterocycles. The minimum Gasteiger partial charge on any atom is -0.381 e. The Balaban J connectivity index is 1.58. The molecule has 2 aliphatic rings. The van der Waals surface area contributed by atoms with Crippen LogP contribution in [0.5, 0.6) is 0 Å². The fourth-order valence-electron chi connectivity index (χ4n) is 4.43. The molecule has 7 heteroatoms. The van der Waals surface area contributed by atoms with E-state index in [0.29, 0.717) is 18.2 Å². The number of likely N-dealkylation sites (tertiary alicyclic amines) is 1. The molecule has 4 heterocycles. The van der Waals surface area contributed by atoms with E-state index in [1.807, 2.05) is 31.7 Å². The van der Waals surface area contributed by atoms with E-state index < -0.39 is 0 Å². The van der Waals surface area contributed by atoms with Crippen LogP contribution in [-0.2, 0) is 9.53 Å². The maximum Gasteiger partial charge on any atom is 0.223 e. The Morgan fingerprint density at radius 3 is 2.68 bits per heavy atom. The topological polar surface area (TPSA) is 81.4 Å². The van der Waals surface area contributed by atoms with Gasteiger partial charge >= 0.3 is 0 Å². The zero-order chi connectivity index (χ0) is 19.7. The summed E-state index contributed by atoms with van der Waals surface area (Å²) in [6.07, 6.45) is 4.52. The van der Waals surface area contributed by atoms with Crippen molar-refractivity contribution in [2.45, 2.75) is 58.9 Å². The van der Waals surface area contributed by atoms with Gasteiger partial charge in [0.25, 0.3) is 0 Å². The van der Waals surface area contributed by atoms with Gasteiger partial charge in [-0.3, -0.25) is 4.79 Å². The molecule has 0 radical (unpaired) electrons. The van der Waals surface area contributed by atoms with Gasteiger partial charge in [0.15, 0.2) is 0 Å². The third kappa shape index (κ3) is 3.81. The Hall–Kier alpha value is -2.28. The lowest BCUT2D eigenvalue weighted by atomic mass is 9.95. The number of aryl methyl sites for hydroxylation is 3. The SMILES string of the molecule is Cc1nc(-c2c(C)noc2C)cc(C2CCCN2C(=O)CC2CCOCC2)n1. The van der Waals surface area contributed by atoms with Crippen molar-refractivity contribution in [3.05, 3.63) is 29.0 Å². The van der Waals surface area contributed by atoms with Crippen LogP contribution in [0.2, 0.25) is 0 Å². The van der Waals surface area contributed by atoms with Gasteiger partial charge in [0.2, 0.25) is 5.91 Å². The fraction of sp³-hybridized carbons (Fsp3) is 0.619. The highest BCUT2D eigenvalue weighted by molar-refractivity contribution is 5.77. The molecule has 2 aliphatic heterocycles. The van der Waals surface area contributed by atoms with Gasteiger partial charge in [-0.1, -0.05) is 5.16 Å². The standard InChI is InChI=1S/C21H28N4O3/c1-13-21(14(2)28-24-13)18-12-17(22-15(3)23-18)19-5-4-8-25(19)20(26)11-16-6-9-27-10-7-16/h12,16,19H,4-11H2,1-3H3. The Morgan fingerprint density at radius 1 is 1.18 bits per heavy atom. The Labute approximate surface area is 165 Å². The van der Waals surface area contributed by atoms with Crippen LogP contribution in [0.3, 0.4) is 0 Å². The van der Waals surface area contributed by atoms with Crippen LogP contribution in [-0.4, -0.2) is 45.7 Å². The summed E-state index contributed by atoms with van der Waals surface area (Å²) in [6.45, 7) is 8.05. The van der Waals surface area contributed by atoms with E-state index in [0.717, 1.165) is 73.8 Å². The molecular formula is C21H28N4O3. The maximum absolute atomic E-state index is 13.0. The maximum atomic E-state index is 13.0. The van der Waals surface area contributed by atoms with Gasteiger partial charge < -0.3 is 14.2 Å². The average molecular weight is 384 g/mol. The second kappa shape index (κ2) is 7.99. The highest BCUT2D eigenvalue weighted by Gasteiger charge is 2.33. The molecule has 1 atom stereocenters. The highest BCUT2D eigenvalue weighted by atomic mass is 16.5. The molecule has 1 unspecified atom stereocenters. The number of nitrogens with zero attached hydrogens (tertiary/aromatic N) is 4. The van der Waals surface area contributed by atoms with Crippen molar-refractivity contribution in [3.63, 3.8) is 0 Å². The fourth-order valence-corrected chi connectivity index (χ4v) is 4.43. The molecule has 1 amide bonds. The van der Waals surface area contributed by atoms with Crippen LogP contribution in [0, 0.1) is 26.7 Å². The van der Waals surface area contributed by atoms with Gasteiger partial charge in [-0.2, -0.15) is 0 Å². The largest absolute Gasteiger partial charge is 0.381 e. The molecule has 2 fully saturated rings. The van der Waals surface area contributed by atoms with Crippen LogP contribution in [0.25, 0.3) is 11.3 Å². The number of carbonyl (C=O) groups excluding carboxylic acids is 1. The zero-order valence-corrected chi connectivity index (χ0v) is 16.9. The predicted octanol–water partition coefficient (Wildman–Crippen LogP) is 3.54. The van der Waals surface area contributed by atoms with E-state index in [4.69, 9.17) is 9.26 Å². The Kier molecular flexibility index (Phi) is 5.44. The van der Waals surface area contributed by atoms with Crippen LogP contribution >= 0.6 is 0 Å². The summed E-state index contributed by atoms with van der Waals surface area (Å²) in [7, 11) is 0. The molecule has 7 nitrogen and oxygen atoms in total. The summed E-state index contributed by atoms with van der Waals surface area (Å²) in [6, 6.07) is 2.03. The monoisotopic (exact) mass is 384 g/mol. The Morgan fingerprint density at radius 2 is 1.96 bits per heavy atom. The van der Waals surface area contributed by atoms with Gasteiger partial charge in [-0.25, -0.2) is 9.97 Å². The Bertz CT molecular complexity index is 838. The van der Waals surface area contributed by atoms with Crippen LogP contribution < -0.4 is 0 Å². The number of hydrogen-bond donors (Lipinski definition) is 0. The molecule has 2 aromatic rings. The number of amides is 1. The lowest BCUT2D eigenvalue weighted by Crippen LogP contribution is -2.33. The lowest BCUT2D eigenvalue weighted by Gasteiger charge is -2.28. The summed E-state index contributed by atoms with van der Waals surface area (Å²) in [5.74, 6) is 2.13. The van der Waals surface area contributed by atoms with Crippen molar-refractivity contribution < 1.29 is 14.1 Å². The van der Waals surface area contributed by atoms with Crippen molar-refractivity contribution in [3.8, 4) is 11.3 Å². The first-order valence-corrected chi connectivity index (χ1v) is 10.2. The minimum atomic E-state index is 0.0215. The van der Waals surface area contributed by atoms with Gasteiger partial charge in [-0.15, -0.1) is 0 Å². The van der Waals surface area contributed by atoms with Crippen molar-refractivity contribution >= 4 is 5.91 Å². The molecular weight excluding hydrogens is 356 g/mol. The quantitative estimate of drug-likeness (QED) is 0.802. The average Bonchev–Trinajstić information content (AvgIpc) is 3.29. The van der Waals surface area contributed by atoms with Gasteiger partial charge in [0, 0.05) is 26.2 Å². The van der Waals surface area contributed by atoms with Crippen molar-refractivity contribution in [2.75, 3.05) is 19.8 Å². The summed E-state index contributed by atoms with van der Waals surface area (Å²) in [4.78, 5) is 24.3. The first kappa shape index (κ1) is 19.1. The summed E-state index contributed by atoms with van der Waals surface area (Å²) >= 11 is 0. The van der Waals surface area contributed by atoms with Crippen LogP contribution in [0.1, 0.15) is 61.1 Å². The van der Waals surface area contributed by atoms with E-state index in [9.17, 15) is 4.79 Å². The molecule has 28 heavy (non-hydrogen) atoms. The molecule has 4 rings (SSSR count). The molecule has 0 aliphatic carbocycles. The first-order chi connectivity index (χ1) is 13.5. The molecule has 0 N–H and O–H groups in total. The van der Waals surface area contributed by atoms with Gasteiger partial charge in [0.05, 0.1) is 28.7 Å². The van der Waals surface area contributed by atoms with E-state index in [2.05, 4.69) is 15.1 Å². The second-order valence-corrected chi connectivity index (χ2v) is 7.93. The highest BCUT2D eigenvalue weighted by Crippen LogP contribution is 2.35. The molecule has 0 spiro atoms. The van der Waals surface area contributed by atoms with E-state index >= 15 is 0 Å². The summed E-state index contributed by atoms with van der Waals surface area (Å²) in [5, 5.41) is 4.05. The number of rotatable bonds is 4. The van der Waals surface area contributed by atoms with Crippen molar-refractivity contribution in [1.82, 2.24) is 20.0 Å². The van der Waals surface area contributed by atoms with Crippen LogP contribution in [0.15, 0.2) is 10.6 Å². The zero-order valence-electron chi connectivity index (χ0n) is 16.9. The molecule has 0 saturated carbocycles. The summed E-state index contributed by atoms with van der Waals surface area (Å²) in [5.41, 5.74) is 3.48. The number of carbonyl (C=O) groups is 1. The van der Waals surface area contributed by atoms with Crippen molar-refractivity contribution in [1.29, 1.82) is 0 Å². The third-order valence-corrected chi connectivity index (χ3v) is 5.87. The first-order valence-electron chi connectivity index (χ1n) is 10.2. The second-order valence-electron chi connectivity index (χ2n) is 7.93. The minimum absolute atomic E-state index is 0.0215. The lowest BCUT2D eigenvalue weighted by molar-refractivity contribution is -0.133. The van der Waals surface area contributed by atoms with E-state index in [1.165, 1.54) is 0 Å². The summed E-state index contributed by atoms with van der Waals surface area (Å²) < 4.78 is 10.7. The molecule has 0 bridgehead atoms. The van der Waals surface area contributed by atoms with Crippen molar-refractivity contribution in [2.24, 2.45) is 5.92 Å². The number of ether oxygens (including phenoxy) is 1. The van der Waals surface area contributed by atoms with Gasteiger partial charge in [-0.05, 0) is 58.4 Å². The predicted molar refractivity (Wildman–Crippen MR) is 104 cm³/mol. The molecule has 0 aromatic carbocycles. The van der Waals surface area contributed by atoms with Crippen LogP contribution in [0.4, 0.5) is 0 Å². The molecule has 150 valence electrons. The smallest absolute Gasteiger partial charge is 0.223 e. The normalized spacial score (nSPS) is 20.7. The number of hydrogen-bond acceptors (Lipinski definition) is 6. The third-order valence-electron chi connectivity index (χ3n) is 5.87. The van der Waals surface area contributed by atoms with E-state index in [1.54, 1.807) is 0 Å². The number of aromatic nitrogens is 3. The van der Waals surface area contributed by atoms with E-state index in [-0.39, 0.29) is 11.9 Å². The molecule has 2 aromatic heterocycles.